The van der Waals surface area contributed by atoms with Crippen LogP contribution in [0, 0.1) is 0 Å². The monoisotopic (exact) mass is 336 g/mol. The fourth-order valence-corrected chi connectivity index (χ4v) is 3.68. The number of carbonyl (C=O) groups is 1. The van der Waals surface area contributed by atoms with E-state index in [1.165, 1.54) is 4.70 Å². The Bertz CT molecular complexity index is 971. The fraction of sp³-hybridized carbons (Fsp3) is 0.167. The largest absolute Gasteiger partial charge is 0.326 e. The summed E-state index contributed by atoms with van der Waals surface area (Å²) in [5, 5.41) is 11.9. The first-order valence-corrected chi connectivity index (χ1v) is 8.67. The number of rotatable bonds is 5. The highest BCUT2D eigenvalue weighted by Crippen LogP contribution is 2.23. The molecule has 120 valence electrons. The van der Waals surface area contributed by atoms with Crippen LogP contribution in [0.5, 0.6) is 0 Å². The van der Waals surface area contributed by atoms with E-state index in [2.05, 4.69) is 26.6 Å². The van der Waals surface area contributed by atoms with Gasteiger partial charge >= 0.3 is 0 Å². The minimum atomic E-state index is 0.0268. The van der Waals surface area contributed by atoms with Crippen LogP contribution in [0.25, 0.3) is 21.1 Å². The predicted molar refractivity (Wildman–Crippen MR) is 97.3 cm³/mol. The molecule has 1 amide bonds. The van der Waals surface area contributed by atoms with Gasteiger partial charge in [-0.25, -0.2) is 4.98 Å². The molecule has 0 radical (unpaired) electrons. The first kappa shape index (κ1) is 14.8. The first-order valence-electron chi connectivity index (χ1n) is 7.85. The maximum Gasteiger partial charge on any atom is 0.224 e. The number of aromatic nitrogens is 3. The number of thiazole rings is 1. The lowest BCUT2D eigenvalue weighted by Crippen LogP contribution is -2.11. The quantitative estimate of drug-likeness (QED) is 0.575. The van der Waals surface area contributed by atoms with Crippen LogP contribution in [0.1, 0.15) is 17.8 Å². The standard InChI is InChI=1S/C18H16N4OS/c23-17(20-13-8-9-14-12(10-13)11-19-22-14)6-3-7-18-21-15-4-1-2-5-16(15)24-18/h1-2,4-5,8-11H,3,6-7H2,(H,19,22)(H,20,23). The molecule has 0 aliphatic heterocycles. The Labute approximate surface area is 142 Å². The van der Waals surface area contributed by atoms with Crippen LogP contribution in [-0.4, -0.2) is 21.1 Å². The first-order chi connectivity index (χ1) is 11.8. The van der Waals surface area contributed by atoms with Crippen molar-refractivity contribution in [2.45, 2.75) is 19.3 Å². The van der Waals surface area contributed by atoms with E-state index in [0.717, 1.165) is 40.0 Å². The molecule has 0 saturated carbocycles. The number of hydrogen-bond acceptors (Lipinski definition) is 4. The summed E-state index contributed by atoms with van der Waals surface area (Å²) < 4.78 is 1.20. The number of nitrogens with one attached hydrogen (secondary N) is 2. The lowest BCUT2D eigenvalue weighted by atomic mass is 10.2. The zero-order valence-corrected chi connectivity index (χ0v) is 13.8. The van der Waals surface area contributed by atoms with Gasteiger partial charge in [0.15, 0.2) is 0 Å². The van der Waals surface area contributed by atoms with Crippen LogP contribution in [0.3, 0.4) is 0 Å². The molecule has 5 nitrogen and oxygen atoms in total. The number of H-pyrrole nitrogens is 1. The summed E-state index contributed by atoms with van der Waals surface area (Å²) in [7, 11) is 0. The van der Waals surface area contributed by atoms with E-state index < -0.39 is 0 Å². The minimum absolute atomic E-state index is 0.0268. The molecule has 6 heteroatoms. The van der Waals surface area contributed by atoms with Crippen molar-refractivity contribution in [3.63, 3.8) is 0 Å². The van der Waals surface area contributed by atoms with E-state index >= 15 is 0 Å². The van der Waals surface area contributed by atoms with Crippen molar-refractivity contribution in [1.82, 2.24) is 15.2 Å². The normalized spacial score (nSPS) is 11.2. The Morgan fingerprint density at radius 3 is 3.04 bits per heavy atom. The summed E-state index contributed by atoms with van der Waals surface area (Å²) in [6.45, 7) is 0. The van der Waals surface area contributed by atoms with E-state index in [4.69, 9.17) is 0 Å². The summed E-state index contributed by atoms with van der Waals surface area (Å²) in [5.74, 6) is 0.0268. The number of carbonyl (C=O) groups excluding carboxylic acids is 1. The second kappa shape index (κ2) is 6.41. The van der Waals surface area contributed by atoms with Crippen LogP contribution >= 0.6 is 11.3 Å². The molecule has 2 aromatic carbocycles. The van der Waals surface area contributed by atoms with Gasteiger partial charge in [-0.15, -0.1) is 11.3 Å². The molecule has 0 saturated heterocycles. The third-order valence-corrected chi connectivity index (χ3v) is 4.95. The van der Waals surface area contributed by atoms with Crippen LogP contribution in [0.4, 0.5) is 5.69 Å². The van der Waals surface area contributed by atoms with Gasteiger partial charge in [0, 0.05) is 17.5 Å². The van der Waals surface area contributed by atoms with Crippen molar-refractivity contribution < 1.29 is 4.79 Å². The molecule has 0 fully saturated rings. The van der Waals surface area contributed by atoms with Gasteiger partial charge in [-0.2, -0.15) is 5.10 Å². The molecule has 0 aliphatic rings. The Balaban J connectivity index is 1.32. The van der Waals surface area contributed by atoms with E-state index in [1.807, 2.05) is 36.4 Å². The second-order valence-corrected chi connectivity index (χ2v) is 6.76. The van der Waals surface area contributed by atoms with Gasteiger partial charge < -0.3 is 5.32 Å². The van der Waals surface area contributed by atoms with Gasteiger partial charge in [0.1, 0.15) is 0 Å². The number of benzene rings is 2. The number of anilines is 1. The molecule has 2 heterocycles. The van der Waals surface area contributed by atoms with Crippen LogP contribution in [0.2, 0.25) is 0 Å². The molecular weight excluding hydrogens is 320 g/mol. The van der Waals surface area contributed by atoms with Gasteiger partial charge in [0.2, 0.25) is 5.91 Å². The highest BCUT2D eigenvalue weighted by molar-refractivity contribution is 7.18. The molecule has 0 atom stereocenters. The van der Waals surface area contributed by atoms with E-state index in [9.17, 15) is 4.79 Å². The number of nitrogens with zero attached hydrogens (tertiary/aromatic N) is 2. The molecule has 2 N–H and O–H groups in total. The highest BCUT2D eigenvalue weighted by atomic mass is 32.1. The average Bonchev–Trinajstić information content (AvgIpc) is 3.20. The predicted octanol–water partition coefficient (Wildman–Crippen LogP) is 4.13. The number of para-hydroxylation sites is 1. The van der Waals surface area contributed by atoms with E-state index in [0.29, 0.717) is 6.42 Å². The van der Waals surface area contributed by atoms with Crippen molar-refractivity contribution in [1.29, 1.82) is 0 Å². The Morgan fingerprint density at radius 1 is 1.21 bits per heavy atom. The van der Waals surface area contributed by atoms with Gasteiger partial charge in [-0.05, 0) is 43.2 Å². The maximum absolute atomic E-state index is 12.1. The Morgan fingerprint density at radius 2 is 2.12 bits per heavy atom. The number of amides is 1. The summed E-state index contributed by atoms with van der Waals surface area (Å²) in [6.07, 6.45) is 3.85. The van der Waals surface area contributed by atoms with Gasteiger partial charge in [-0.3, -0.25) is 9.89 Å². The zero-order valence-electron chi connectivity index (χ0n) is 13.0. The maximum atomic E-state index is 12.1. The van der Waals surface area contributed by atoms with Crippen molar-refractivity contribution in [3.05, 3.63) is 53.7 Å². The third-order valence-electron chi connectivity index (χ3n) is 3.86. The lowest BCUT2D eigenvalue weighted by molar-refractivity contribution is -0.116. The highest BCUT2D eigenvalue weighted by Gasteiger charge is 2.07. The van der Waals surface area contributed by atoms with Gasteiger partial charge in [0.05, 0.1) is 26.9 Å². The van der Waals surface area contributed by atoms with Gasteiger partial charge in [0.25, 0.3) is 0 Å². The number of hydrogen-bond donors (Lipinski definition) is 2. The number of fused-ring (bicyclic) bond motifs is 2. The van der Waals surface area contributed by atoms with E-state index in [1.54, 1.807) is 17.5 Å². The molecule has 4 rings (SSSR count). The summed E-state index contributed by atoms with van der Waals surface area (Å²) in [6, 6.07) is 13.8. The summed E-state index contributed by atoms with van der Waals surface area (Å²) in [5.41, 5.74) is 2.80. The molecule has 0 spiro atoms. The molecule has 0 bridgehead atoms. The molecule has 24 heavy (non-hydrogen) atoms. The smallest absolute Gasteiger partial charge is 0.224 e. The van der Waals surface area contributed by atoms with E-state index in [-0.39, 0.29) is 5.91 Å². The van der Waals surface area contributed by atoms with Gasteiger partial charge in [-0.1, -0.05) is 12.1 Å². The number of aromatic amines is 1. The van der Waals surface area contributed by atoms with Crippen molar-refractivity contribution in [2.75, 3.05) is 5.32 Å². The van der Waals surface area contributed by atoms with Crippen LogP contribution < -0.4 is 5.32 Å². The molecule has 0 unspecified atom stereocenters. The zero-order chi connectivity index (χ0) is 16.4. The van der Waals surface area contributed by atoms with Crippen molar-refractivity contribution in [3.8, 4) is 0 Å². The van der Waals surface area contributed by atoms with Crippen molar-refractivity contribution in [2.24, 2.45) is 0 Å². The van der Waals surface area contributed by atoms with Crippen LogP contribution in [0.15, 0.2) is 48.7 Å². The lowest BCUT2D eigenvalue weighted by Gasteiger charge is -2.04. The Kier molecular flexibility index (Phi) is 3.96. The summed E-state index contributed by atoms with van der Waals surface area (Å²) in [4.78, 5) is 16.7. The molecule has 0 aliphatic carbocycles. The molecule has 4 aromatic rings. The molecule has 2 aromatic heterocycles. The second-order valence-electron chi connectivity index (χ2n) is 5.65. The van der Waals surface area contributed by atoms with Crippen molar-refractivity contribution >= 4 is 44.1 Å². The van der Waals surface area contributed by atoms with Crippen LogP contribution in [-0.2, 0) is 11.2 Å². The average molecular weight is 336 g/mol. The summed E-state index contributed by atoms with van der Waals surface area (Å²) >= 11 is 1.70. The SMILES string of the molecule is O=C(CCCc1nc2ccccc2s1)Nc1ccc2[nH]ncc2c1. The topological polar surface area (TPSA) is 70.7 Å². The third kappa shape index (κ3) is 3.14. The minimum Gasteiger partial charge on any atom is -0.326 e. The number of aryl methyl sites for hydroxylation is 1. The Hall–Kier alpha value is -2.73. The molecular formula is C18H16N4OS. The fourth-order valence-electron chi connectivity index (χ4n) is 2.67.